The van der Waals surface area contributed by atoms with Crippen molar-refractivity contribution in [3.8, 4) is 11.5 Å². The van der Waals surface area contributed by atoms with Crippen molar-refractivity contribution in [2.45, 2.75) is 13.5 Å². The van der Waals surface area contributed by atoms with Gasteiger partial charge in [-0.1, -0.05) is 30.3 Å². The highest BCUT2D eigenvalue weighted by Gasteiger charge is 2.10. The van der Waals surface area contributed by atoms with Crippen molar-refractivity contribution in [2.75, 3.05) is 6.61 Å². The molecular formula is C16H15ClO3. The lowest BCUT2D eigenvalue weighted by Gasteiger charge is -2.12. The Hall–Kier alpha value is -2.00. The van der Waals surface area contributed by atoms with Crippen LogP contribution >= 0.6 is 11.6 Å². The molecule has 0 aliphatic rings. The molecule has 0 fully saturated rings. The molecule has 0 heterocycles. The van der Waals surface area contributed by atoms with Crippen LogP contribution in [-0.2, 0) is 6.61 Å². The van der Waals surface area contributed by atoms with Gasteiger partial charge in [0.2, 0.25) is 0 Å². The molecule has 0 N–H and O–H groups in total. The van der Waals surface area contributed by atoms with E-state index in [0.717, 1.165) is 5.56 Å². The van der Waals surface area contributed by atoms with Gasteiger partial charge in [-0.05, 0) is 42.3 Å². The molecule has 0 bridgehead atoms. The number of hydrogen-bond donors (Lipinski definition) is 0. The van der Waals surface area contributed by atoms with Crippen LogP contribution in [0.2, 0.25) is 0 Å². The second-order valence-corrected chi connectivity index (χ2v) is 4.49. The van der Waals surface area contributed by atoms with E-state index in [1.807, 2.05) is 37.3 Å². The molecule has 104 valence electrons. The summed E-state index contributed by atoms with van der Waals surface area (Å²) < 4.78 is 11.2. The quantitative estimate of drug-likeness (QED) is 0.753. The van der Waals surface area contributed by atoms with Crippen LogP contribution in [0.15, 0.2) is 48.5 Å². The molecule has 0 spiro atoms. The number of hydrogen-bond acceptors (Lipinski definition) is 3. The molecule has 3 nitrogen and oxygen atoms in total. The second-order valence-electron chi connectivity index (χ2n) is 4.14. The fourth-order valence-electron chi connectivity index (χ4n) is 1.75. The van der Waals surface area contributed by atoms with Crippen LogP contribution in [0.3, 0.4) is 0 Å². The van der Waals surface area contributed by atoms with Crippen LogP contribution in [0.4, 0.5) is 0 Å². The first-order valence-electron chi connectivity index (χ1n) is 6.34. The lowest BCUT2D eigenvalue weighted by molar-refractivity contribution is 0.108. The Kier molecular flexibility index (Phi) is 5.02. The van der Waals surface area contributed by atoms with Gasteiger partial charge in [0.15, 0.2) is 11.5 Å². The molecule has 0 atom stereocenters. The van der Waals surface area contributed by atoms with Gasteiger partial charge in [-0.15, -0.1) is 0 Å². The third-order valence-electron chi connectivity index (χ3n) is 2.71. The fourth-order valence-corrected chi connectivity index (χ4v) is 1.87. The highest BCUT2D eigenvalue weighted by molar-refractivity contribution is 6.67. The fraction of sp³-hybridized carbons (Fsp3) is 0.188. The first-order valence-corrected chi connectivity index (χ1v) is 6.72. The summed E-state index contributed by atoms with van der Waals surface area (Å²) in [5, 5.41) is -0.513. The molecule has 0 aromatic heterocycles. The van der Waals surface area contributed by atoms with Crippen molar-refractivity contribution >= 4 is 16.8 Å². The minimum Gasteiger partial charge on any atom is -0.490 e. The van der Waals surface area contributed by atoms with Crippen molar-refractivity contribution in [3.05, 3.63) is 59.7 Å². The van der Waals surface area contributed by atoms with E-state index < -0.39 is 5.24 Å². The maximum Gasteiger partial charge on any atom is 0.252 e. The molecule has 4 heteroatoms. The standard InChI is InChI=1S/C16H15ClO3/c1-2-19-15-10-13(16(17)18)8-9-14(15)20-11-12-6-4-3-5-7-12/h3-10H,2,11H2,1H3. The van der Waals surface area contributed by atoms with Crippen LogP contribution in [0, 0.1) is 0 Å². The van der Waals surface area contributed by atoms with Gasteiger partial charge < -0.3 is 9.47 Å². The molecular weight excluding hydrogens is 276 g/mol. The number of ether oxygens (including phenoxy) is 2. The third kappa shape index (κ3) is 3.75. The number of benzene rings is 2. The van der Waals surface area contributed by atoms with Crippen LogP contribution in [0.25, 0.3) is 0 Å². The average Bonchev–Trinajstić information content (AvgIpc) is 2.47. The Morgan fingerprint density at radius 2 is 1.80 bits per heavy atom. The minimum atomic E-state index is -0.513. The van der Waals surface area contributed by atoms with E-state index in [2.05, 4.69) is 0 Å². The molecule has 0 amide bonds. The smallest absolute Gasteiger partial charge is 0.252 e. The molecule has 0 aliphatic carbocycles. The Bertz CT molecular complexity index is 582. The zero-order valence-corrected chi connectivity index (χ0v) is 11.9. The largest absolute Gasteiger partial charge is 0.490 e. The maximum atomic E-state index is 11.2. The summed E-state index contributed by atoms with van der Waals surface area (Å²) >= 11 is 5.47. The summed E-state index contributed by atoms with van der Waals surface area (Å²) in [5.74, 6) is 1.12. The normalized spacial score (nSPS) is 10.1. The first-order chi connectivity index (χ1) is 9.70. The third-order valence-corrected chi connectivity index (χ3v) is 2.93. The highest BCUT2D eigenvalue weighted by Crippen LogP contribution is 2.29. The topological polar surface area (TPSA) is 35.5 Å². The van der Waals surface area contributed by atoms with Gasteiger partial charge >= 0.3 is 0 Å². The van der Waals surface area contributed by atoms with E-state index in [0.29, 0.717) is 30.3 Å². The molecule has 0 unspecified atom stereocenters. The molecule has 2 aromatic rings. The molecule has 2 rings (SSSR count). The van der Waals surface area contributed by atoms with Gasteiger partial charge in [0.1, 0.15) is 6.61 Å². The predicted octanol–water partition coefficient (Wildman–Crippen LogP) is 4.04. The summed E-state index contributed by atoms with van der Waals surface area (Å²) in [5.41, 5.74) is 1.45. The van der Waals surface area contributed by atoms with Gasteiger partial charge in [-0.25, -0.2) is 0 Å². The summed E-state index contributed by atoms with van der Waals surface area (Å²) in [4.78, 5) is 11.2. The molecule has 0 radical (unpaired) electrons. The Morgan fingerprint density at radius 3 is 2.45 bits per heavy atom. The number of carbonyl (C=O) groups is 1. The van der Waals surface area contributed by atoms with Crippen molar-refractivity contribution < 1.29 is 14.3 Å². The van der Waals surface area contributed by atoms with Gasteiger partial charge in [-0.2, -0.15) is 0 Å². The van der Waals surface area contributed by atoms with E-state index in [1.54, 1.807) is 18.2 Å². The van der Waals surface area contributed by atoms with Gasteiger partial charge in [0.25, 0.3) is 5.24 Å². The second kappa shape index (κ2) is 6.96. The highest BCUT2D eigenvalue weighted by atomic mass is 35.5. The summed E-state index contributed by atoms with van der Waals surface area (Å²) in [6, 6.07) is 14.7. The lowest BCUT2D eigenvalue weighted by atomic mass is 10.2. The van der Waals surface area contributed by atoms with Crippen molar-refractivity contribution in [2.24, 2.45) is 0 Å². The zero-order valence-electron chi connectivity index (χ0n) is 11.1. The Labute approximate surface area is 123 Å². The maximum absolute atomic E-state index is 11.2. The predicted molar refractivity (Wildman–Crippen MR) is 78.6 cm³/mol. The molecule has 20 heavy (non-hydrogen) atoms. The van der Waals surface area contributed by atoms with Crippen LogP contribution in [0.1, 0.15) is 22.8 Å². The summed E-state index contributed by atoms with van der Waals surface area (Å²) in [6.07, 6.45) is 0. The van der Waals surface area contributed by atoms with Crippen molar-refractivity contribution in [1.29, 1.82) is 0 Å². The molecule has 0 saturated carbocycles. The molecule has 0 aliphatic heterocycles. The van der Waals surface area contributed by atoms with Gasteiger partial charge in [0.05, 0.1) is 6.61 Å². The van der Waals surface area contributed by atoms with Crippen LogP contribution in [0.5, 0.6) is 11.5 Å². The Morgan fingerprint density at radius 1 is 1.05 bits per heavy atom. The van der Waals surface area contributed by atoms with Crippen LogP contribution in [-0.4, -0.2) is 11.8 Å². The molecule has 2 aromatic carbocycles. The monoisotopic (exact) mass is 290 g/mol. The van der Waals surface area contributed by atoms with Gasteiger partial charge in [-0.3, -0.25) is 4.79 Å². The summed E-state index contributed by atoms with van der Waals surface area (Å²) in [6.45, 7) is 2.80. The Balaban J connectivity index is 2.16. The SMILES string of the molecule is CCOc1cc(C(=O)Cl)ccc1OCc1ccccc1. The van der Waals surface area contributed by atoms with Crippen molar-refractivity contribution in [1.82, 2.24) is 0 Å². The van der Waals surface area contributed by atoms with E-state index in [1.165, 1.54) is 0 Å². The van der Waals surface area contributed by atoms with E-state index in [-0.39, 0.29) is 0 Å². The molecule has 0 saturated heterocycles. The zero-order chi connectivity index (χ0) is 14.4. The lowest BCUT2D eigenvalue weighted by Crippen LogP contribution is -2.01. The van der Waals surface area contributed by atoms with E-state index >= 15 is 0 Å². The first kappa shape index (κ1) is 14.4. The number of rotatable bonds is 6. The minimum absolute atomic E-state index is 0.391. The van der Waals surface area contributed by atoms with E-state index in [4.69, 9.17) is 21.1 Å². The van der Waals surface area contributed by atoms with Crippen molar-refractivity contribution in [3.63, 3.8) is 0 Å². The average molecular weight is 291 g/mol. The van der Waals surface area contributed by atoms with E-state index in [9.17, 15) is 4.79 Å². The van der Waals surface area contributed by atoms with Crippen LogP contribution < -0.4 is 9.47 Å². The van der Waals surface area contributed by atoms with Gasteiger partial charge in [0, 0.05) is 5.56 Å². The number of carbonyl (C=O) groups excluding carboxylic acids is 1. The number of halogens is 1. The summed E-state index contributed by atoms with van der Waals surface area (Å²) in [7, 11) is 0.